The fourth-order valence-corrected chi connectivity index (χ4v) is 2.31. The number of carbonyl (C=O) groups excluding carboxylic acids is 1. The van der Waals surface area contributed by atoms with Gasteiger partial charge in [0.05, 0.1) is 11.2 Å². The summed E-state index contributed by atoms with van der Waals surface area (Å²) in [6, 6.07) is 3.49. The smallest absolute Gasteiger partial charge is 0.254 e. The summed E-state index contributed by atoms with van der Waals surface area (Å²) in [5.41, 5.74) is -0.328. The highest BCUT2D eigenvalue weighted by Crippen LogP contribution is 2.24. The summed E-state index contributed by atoms with van der Waals surface area (Å²) >= 11 is 0. The van der Waals surface area contributed by atoms with E-state index in [1.807, 2.05) is 13.8 Å². The Hall–Kier alpha value is -1.62. The van der Waals surface area contributed by atoms with Crippen LogP contribution in [-0.2, 0) is 4.74 Å². The second-order valence-corrected chi connectivity index (χ2v) is 5.44. The van der Waals surface area contributed by atoms with E-state index < -0.39 is 11.7 Å². The number of phenolic OH excluding ortho intramolecular Hbond substituents is 1. The van der Waals surface area contributed by atoms with Gasteiger partial charge in [0.1, 0.15) is 11.6 Å². The van der Waals surface area contributed by atoms with Crippen molar-refractivity contribution in [2.24, 2.45) is 0 Å². The quantitative estimate of drug-likeness (QED) is 0.863. The van der Waals surface area contributed by atoms with Crippen molar-refractivity contribution >= 4 is 5.91 Å². The Morgan fingerprint density at radius 3 is 2.89 bits per heavy atom. The molecule has 0 bridgehead atoms. The van der Waals surface area contributed by atoms with Crippen molar-refractivity contribution < 1.29 is 19.0 Å². The molecule has 0 spiro atoms. The minimum absolute atomic E-state index is 0.0237. The molecule has 1 atom stereocenters. The third kappa shape index (κ3) is 3.44. The molecule has 4 nitrogen and oxygen atoms in total. The number of carbonyl (C=O) groups is 1. The number of phenols is 1. The molecule has 0 aromatic heterocycles. The van der Waals surface area contributed by atoms with E-state index in [1.165, 1.54) is 12.1 Å². The van der Waals surface area contributed by atoms with E-state index in [-0.39, 0.29) is 23.0 Å². The number of hydrogen-bond acceptors (Lipinski definition) is 3. The zero-order chi connectivity index (χ0) is 14.0. The Labute approximate surface area is 111 Å². The standard InChI is InChI=1S/C14H18FNO3/c1-14(2)8-9(5-6-19-14)16-13(18)11-4-3-10(17)7-12(11)15/h3-4,7,9,17H,5-6,8H2,1-2H3,(H,16,18). The average Bonchev–Trinajstić information content (AvgIpc) is 2.27. The van der Waals surface area contributed by atoms with E-state index in [9.17, 15) is 9.18 Å². The van der Waals surface area contributed by atoms with Crippen LogP contribution in [0, 0.1) is 5.82 Å². The first kappa shape index (κ1) is 13.8. The van der Waals surface area contributed by atoms with Crippen LogP contribution < -0.4 is 5.32 Å². The summed E-state index contributed by atoms with van der Waals surface area (Å²) in [6.07, 6.45) is 1.41. The zero-order valence-corrected chi connectivity index (χ0v) is 11.1. The number of halogens is 1. The third-order valence-corrected chi connectivity index (χ3v) is 3.23. The SMILES string of the molecule is CC1(C)CC(NC(=O)c2ccc(O)cc2F)CCO1. The molecule has 1 unspecified atom stereocenters. The van der Waals surface area contributed by atoms with Crippen molar-refractivity contribution in [2.75, 3.05) is 6.61 Å². The predicted octanol–water partition coefficient (Wildman–Crippen LogP) is 2.22. The van der Waals surface area contributed by atoms with E-state index in [0.29, 0.717) is 13.0 Å². The lowest BCUT2D eigenvalue weighted by molar-refractivity contribution is -0.0615. The van der Waals surface area contributed by atoms with Gasteiger partial charge in [-0.3, -0.25) is 4.79 Å². The van der Waals surface area contributed by atoms with Gasteiger partial charge in [-0.2, -0.15) is 0 Å². The Kier molecular flexibility index (Phi) is 3.75. The molecule has 0 radical (unpaired) electrons. The van der Waals surface area contributed by atoms with Gasteiger partial charge >= 0.3 is 0 Å². The number of benzene rings is 1. The van der Waals surface area contributed by atoms with Crippen molar-refractivity contribution in [3.63, 3.8) is 0 Å². The molecule has 2 rings (SSSR count). The monoisotopic (exact) mass is 267 g/mol. The first-order valence-corrected chi connectivity index (χ1v) is 6.31. The van der Waals surface area contributed by atoms with Crippen molar-refractivity contribution in [2.45, 2.75) is 38.3 Å². The summed E-state index contributed by atoms with van der Waals surface area (Å²) in [7, 11) is 0. The Balaban J connectivity index is 2.04. The van der Waals surface area contributed by atoms with E-state index in [1.54, 1.807) is 0 Å². The van der Waals surface area contributed by atoms with Crippen LogP contribution >= 0.6 is 0 Å². The molecule has 0 saturated carbocycles. The lowest BCUT2D eigenvalue weighted by Gasteiger charge is -2.35. The molecule has 104 valence electrons. The van der Waals surface area contributed by atoms with Crippen molar-refractivity contribution in [1.82, 2.24) is 5.32 Å². The average molecular weight is 267 g/mol. The first-order chi connectivity index (χ1) is 8.87. The number of amides is 1. The third-order valence-electron chi connectivity index (χ3n) is 3.23. The molecule has 0 aliphatic carbocycles. The summed E-state index contributed by atoms with van der Waals surface area (Å²) in [4.78, 5) is 12.0. The lowest BCUT2D eigenvalue weighted by Crippen LogP contribution is -2.45. The van der Waals surface area contributed by atoms with Gasteiger partial charge in [0.25, 0.3) is 5.91 Å². The predicted molar refractivity (Wildman–Crippen MR) is 68.6 cm³/mol. The van der Waals surface area contributed by atoms with Crippen LogP contribution in [0.1, 0.15) is 37.0 Å². The van der Waals surface area contributed by atoms with Crippen molar-refractivity contribution in [1.29, 1.82) is 0 Å². The molecule has 1 aliphatic heterocycles. The van der Waals surface area contributed by atoms with E-state index >= 15 is 0 Å². The van der Waals surface area contributed by atoms with E-state index in [2.05, 4.69) is 5.32 Å². The van der Waals surface area contributed by atoms with Gasteiger partial charge in [-0.15, -0.1) is 0 Å². The summed E-state index contributed by atoms with van der Waals surface area (Å²) < 4.78 is 19.1. The van der Waals surface area contributed by atoms with Crippen LogP contribution in [0.3, 0.4) is 0 Å². The molecule has 1 heterocycles. The van der Waals surface area contributed by atoms with Gasteiger partial charge in [-0.1, -0.05) is 0 Å². The number of ether oxygens (including phenoxy) is 1. The zero-order valence-electron chi connectivity index (χ0n) is 11.1. The summed E-state index contributed by atoms with van der Waals surface area (Å²) in [5, 5.41) is 11.9. The molecule has 19 heavy (non-hydrogen) atoms. The maximum absolute atomic E-state index is 13.6. The van der Waals surface area contributed by atoms with Gasteiger partial charge < -0.3 is 15.2 Å². The van der Waals surface area contributed by atoms with Gasteiger partial charge in [0.15, 0.2) is 0 Å². The lowest BCUT2D eigenvalue weighted by atomic mass is 9.94. The second kappa shape index (κ2) is 5.17. The van der Waals surface area contributed by atoms with Crippen molar-refractivity contribution in [3.05, 3.63) is 29.6 Å². The minimum atomic E-state index is -0.719. The topological polar surface area (TPSA) is 58.6 Å². The van der Waals surface area contributed by atoms with Gasteiger partial charge in [0, 0.05) is 18.7 Å². The van der Waals surface area contributed by atoms with Crippen LogP contribution in [0.5, 0.6) is 5.75 Å². The highest BCUT2D eigenvalue weighted by atomic mass is 19.1. The molecule has 1 amide bonds. The minimum Gasteiger partial charge on any atom is -0.508 e. The van der Waals surface area contributed by atoms with Gasteiger partial charge in [-0.05, 0) is 38.8 Å². The van der Waals surface area contributed by atoms with Crippen LogP contribution in [0.15, 0.2) is 18.2 Å². The maximum atomic E-state index is 13.6. The largest absolute Gasteiger partial charge is 0.508 e. The van der Waals surface area contributed by atoms with Gasteiger partial charge in [-0.25, -0.2) is 4.39 Å². The van der Waals surface area contributed by atoms with Gasteiger partial charge in [0.2, 0.25) is 0 Å². The highest BCUT2D eigenvalue weighted by molar-refractivity contribution is 5.94. The van der Waals surface area contributed by atoms with E-state index in [4.69, 9.17) is 9.84 Å². The Bertz CT molecular complexity index is 488. The number of hydrogen-bond donors (Lipinski definition) is 2. The fraction of sp³-hybridized carbons (Fsp3) is 0.500. The fourth-order valence-electron chi connectivity index (χ4n) is 2.31. The van der Waals surface area contributed by atoms with Crippen LogP contribution in [0.25, 0.3) is 0 Å². The molecular weight excluding hydrogens is 249 g/mol. The Morgan fingerprint density at radius 2 is 2.26 bits per heavy atom. The first-order valence-electron chi connectivity index (χ1n) is 6.31. The molecule has 1 saturated heterocycles. The number of aromatic hydroxyl groups is 1. The molecule has 1 aromatic carbocycles. The normalized spacial score (nSPS) is 21.9. The molecule has 1 fully saturated rings. The maximum Gasteiger partial charge on any atom is 0.254 e. The van der Waals surface area contributed by atoms with Crippen LogP contribution in [-0.4, -0.2) is 29.3 Å². The van der Waals surface area contributed by atoms with Crippen LogP contribution in [0.4, 0.5) is 4.39 Å². The summed E-state index contributed by atoms with van der Waals surface area (Å²) in [5.74, 6) is -1.37. The number of nitrogens with one attached hydrogen (secondary N) is 1. The van der Waals surface area contributed by atoms with Crippen molar-refractivity contribution in [3.8, 4) is 5.75 Å². The Morgan fingerprint density at radius 1 is 1.53 bits per heavy atom. The second-order valence-electron chi connectivity index (χ2n) is 5.44. The highest BCUT2D eigenvalue weighted by Gasteiger charge is 2.30. The molecular formula is C14H18FNO3. The van der Waals surface area contributed by atoms with E-state index in [0.717, 1.165) is 12.5 Å². The molecule has 1 aromatic rings. The summed E-state index contributed by atoms with van der Waals surface area (Å²) in [6.45, 7) is 4.51. The number of rotatable bonds is 2. The van der Waals surface area contributed by atoms with Crippen LogP contribution in [0.2, 0.25) is 0 Å². The molecule has 2 N–H and O–H groups in total. The molecule has 5 heteroatoms. The molecule has 1 aliphatic rings.